The van der Waals surface area contributed by atoms with Crippen molar-refractivity contribution in [2.24, 2.45) is 0 Å². The van der Waals surface area contributed by atoms with Gasteiger partial charge in [-0.2, -0.15) is 13.2 Å². The molecule has 1 saturated heterocycles. The largest absolute Gasteiger partial charge is 0.410 e. The summed E-state index contributed by atoms with van der Waals surface area (Å²) >= 11 is 6.00. The van der Waals surface area contributed by atoms with Crippen LogP contribution in [-0.2, 0) is 16.0 Å². The lowest BCUT2D eigenvalue weighted by Gasteiger charge is -2.27. The van der Waals surface area contributed by atoms with Gasteiger partial charge in [0.25, 0.3) is 11.8 Å². The molecule has 4 rings (SSSR count). The fourth-order valence-corrected chi connectivity index (χ4v) is 4.45. The second kappa shape index (κ2) is 12.6. The number of carbonyl (C=O) groups is 3. The summed E-state index contributed by atoms with van der Waals surface area (Å²) in [6.07, 6.45) is -1.67. The number of nitrogens with one attached hydrogen (secondary N) is 3. The second-order valence-corrected chi connectivity index (χ2v) is 9.55. The van der Waals surface area contributed by atoms with Gasteiger partial charge in [-0.25, -0.2) is 9.78 Å². The van der Waals surface area contributed by atoms with Crippen LogP contribution < -0.4 is 16.0 Å². The van der Waals surface area contributed by atoms with Crippen LogP contribution in [0.5, 0.6) is 0 Å². The summed E-state index contributed by atoms with van der Waals surface area (Å²) in [5.74, 6) is -1.23. The fraction of sp³-hybridized carbons (Fsp3) is 0.346. The Kier molecular flexibility index (Phi) is 9.13. The number of ether oxygens (including phenoxy) is 1. The molecule has 3 aromatic rings. The quantitative estimate of drug-likeness (QED) is 0.322. The predicted molar refractivity (Wildman–Crippen MR) is 140 cm³/mol. The van der Waals surface area contributed by atoms with E-state index < -0.39 is 48.7 Å². The highest BCUT2D eigenvalue weighted by molar-refractivity contribution is 6.30. The van der Waals surface area contributed by atoms with Gasteiger partial charge >= 0.3 is 12.2 Å². The zero-order valence-corrected chi connectivity index (χ0v) is 22.6. The van der Waals surface area contributed by atoms with Crippen molar-refractivity contribution in [2.45, 2.75) is 37.6 Å². The van der Waals surface area contributed by atoms with E-state index in [4.69, 9.17) is 20.9 Å². The topological polar surface area (TPSA) is 139 Å². The number of methoxy groups -OCH3 is 1. The van der Waals surface area contributed by atoms with E-state index >= 15 is 0 Å². The standard InChI is InChI=1S/C26H26ClF3N6O5/c1-3-18-17(12-41-35-18)23(37)34-22(14-4-6-16(27)7-5-14)24(38)33-21-10-15(8-9-31-21)19(13-40-2)36-11-20(26(28,29)30)32-25(36)39/h4-10,12,19-20,22H,3,11,13H2,1-2H3,(H,32,39)(H,34,37)(H,31,33,38)/t19-,20+,22+/m1/s1. The maximum Gasteiger partial charge on any atom is 0.410 e. The Balaban J connectivity index is 1.58. The average molecular weight is 595 g/mol. The number of halogens is 4. The molecule has 1 aliphatic heterocycles. The number of alkyl halides is 3. The van der Waals surface area contributed by atoms with Crippen molar-refractivity contribution in [2.75, 3.05) is 25.6 Å². The molecule has 15 heteroatoms. The molecule has 3 N–H and O–H groups in total. The monoisotopic (exact) mass is 594 g/mol. The van der Waals surface area contributed by atoms with E-state index in [-0.39, 0.29) is 18.0 Å². The maximum atomic E-state index is 13.5. The molecule has 0 unspecified atom stereocenters. The molecule has 41 heavy (non-hydrogen) atoms. The fourth-order valence-electron chi connectivity index (χ4n) is 4.32. The number of nitrogens with zero attached hydrogens (tertiary/aromatic N) is 3. The summed E-state index contributed by atoms with van der Waals surface area (Å²) in [4.78, 5) is 44.0. The zero-order valence-electron chi connectivity index (χ0n) is 21.9. The molecular weight excluding hydrogens is 569 g/mol. The van der Waals surface area contributed by atoms with Crippen molar-refractivity contribution in [1.29, 1.82) is 0 Å². The Morgan fingerprint density at radius 1 is 1.24 bits per heavy atom. The van der Waals surface area contributed by atoms with Gasteiger partial charge in [0.2, 0.25) is 0 Å². The number of hydrogen-bond donors (Lipinski definition) is 3. The minimum atomic E-state index is -4.62. The first-order valence-electron chi connectivity index (χ1n) is 12.4. The Morgan fingerprint density at radius 3 is 2.61 bits per heavy atom. The van der Waals surface area contributed by atoms with Crippen LogP contribution in [0.3, 0.4) is 0 Å². The van der Waals surface area contributed by atoms with E-state index in [9.17, 15) is 27.6 Å². The highest BCUT2D eigenvalue weighted by Crippen LogP contribution is 2.31. The van der Waals surface area contributed by atoms with E-state index in [2.05, 4.69) is 20.8 Å². The molecule has 218 valence electrons. The second-order valence-electron chi connectivity index (χ2n) is 9.12. The number of rotatable bonds is 10. The molecule has 1 fully saturated rings. The first-order chi connectivity index (χ1) is 19.5. The molecule has 4 amide bonds. The normalized spacial score (nSPS) is 16.7. The molecule has 3 atom stereocenters. The molecule has 0 radical (unpaired) electrons. The Labute approximate surface area is 237 Å². The summed E-state index contributed by atoms with van der Waals surface area (Å²) in [6, 6.07) is 4.16. The molecule has 11 nitrogen and oxygen atoms in total. The highest BCUT2D eigenvalue weighted by Gasteiger charge is 2.48. The predicted octanol–water partition coefficient (Wildman–Crippen LogP) is 4.04. The van der Waals surface area contributed by atoms with Gasteiger partial charge in [0.05, 0.1) is 24.9 Å². The summed E-state index contributed by atoms with van der Waals surface area (Å²) in [7, 11) is 1.35. The molecule has 3 heterocycles. The van der Waals surface area contributed by atoms with E-state index in [0.717, 1.165) is 4.90 Å². The summed E-state index contributed by atoms with van der Waals surface area (Å²) < 4.78 is 49.8. The number of anilines is 1. The van der Waals surface area contributed by atoms with Crippen LogP contribution in [0.4, 0.5) is 23.8 Å². The van der Waals surface area contributed by atoms with E-state index in [1.54, 1.807) is 31.2 Å². The smallest absolute Gasteiger partial charge is 0.382 e. The molecule has 2 aromatic heterocycles. The van der Waals surface area contributed by atoms with Crippen molar-refractivity contribution in [3.8, 4) is 0 Å². The minimum absolute atomic E-state index is 0.0352. The summed E-state index contributed by atoms with van der Waals surface area (Å²) in [6.45, 7) is 1.06. The lowest BCUT2D eigenvalue weighted by Crippen LogP contribution is -2.40. The number of carbonyl (C=O) groups excluding carboxylic acids is 3. The SMILES string of the molecule is CCc1nocc1C(=O)N[C@H](C(=O)Nc1cc([C@@H](COC)N2C[C@@H](C(F)(F)F)NC2=O)ccn1)c1ccc(Cl)cc1. The third-order valence-electron chi connectivity index (χ3n) is 6.42. The molecule has 0 saturated carbocycles. The number of urea groups is 1. The van der Waals surface area contributed by atoms with Crippen molar-refractivity contribution < 1.29 is 36.8 Å². The van der Waals surface area contributed by atoms with Crippen LogP contribution in [0.1, 0.15) is 46.2 Å². The number of aryl methyl sites for hydroxylation is 1. The van der Waals surface area contributed by atoms with Crippen LogP contribution in [0.2, 0.25) is 5.02 Å². The van der Waals surface area contributed by atoms with Crippen molar-refractivity contribution >= 4 is 35.3 Å². The molecule has 0 aliphatic carbocycles. The average Bonchev–Trinajstić information content (AvgIpc) is 3.57. The molecule has 1 aliphatic rings. The third kappa shape index (κ3) is 6.95. The third-order valence-corrected chi connectivity index (χ3v) is 6.67. The van der Waals surface area contributed by atoms with Gasteiger partial charge in [0, 0.05) is 18.3 Å². The van der Waals surface area contributed by atoms with Crippen LogP contribution >= 0.6 is 11.6 Å². The van der Waals surface area contributed by atoms with E-state index in [1.165, 1.54) is 31.7 Å². The Hall–Kier alpha value is -4.17. The maximum absolute atomic E-state index is 13.5. The van der Waals surface area contributed by atoms with Gasteiger partial charge in [0.15, 0.2) is 0 Å². The lowest BCUT2D eigenvalue weighted by atomic mass is 10.0. The highest BCUT2D eigenvalue weighted by atomic mass is 35.5. The van der Waals surface area contributed by atoms with Crippen LogP contribution in [-0.4, -0.2) is 65.4 Å². The van der Waals surface area contributed by atoms with Crippen molar-refractivity contribution in [1.82, 2.24) is 25.7 Å². The van der Waals surface area contributed by atoms with Crippen LogP contribution in [0.25, 0.3) is 0 Å². The van der Waals surface area contributed by atoms with Gasteiger partial charge in [-0.3, -0.25) is 9.59 Å². The number of aromatic nitrogens is 2. The Morgan fingerprint density at radius 2 is 1.98 bits per heavy atom. The first kappa shape index (κ1) is 29.8. The Bertz CT molecular complexity index is 1400. The van der Waals surface area contributed by atoms with E-state index in [0.29, 0.717) is 28.3 Å². The minimum Gasteiger partial charge on any atom is -0.382 e. The van der Waals surface area contributed by atoms with Gasteiger partial charge in [0.1, 0.15) is 29.7 Å². The summed E-state index contributed by atoms with van der Waals surface area (Å²) in [5, 5.41) is 11.4. The zero-order chi connectivity index (χ0) is 29.7. The van der Waals surface area contributed by atoms with Gasteiger partial charge in [-0.1, -0.05) is 35.8 Å². The number of amides is 4. The molecule has 1 aromatic carbocycles. The number of benzene rings is 1. The van der Waals surface area contributed by atoms with Crippen molar-refractivity contribution in [3.63, 3.8) is 0 Å². The summed E-state index contributed by atoms with van der Waals surface area (Å²) in [5.41, 5.74) is 1.37. The van der Waals surface area contributed by atoms with Gasteiger partial charge in [-0.15, -0.1) is 0 Å². The van der Waals surface area contributed by atoms with Crippen LogP contribution in [0.15, 0.2) is 53.4 Å². The molecule has 0 bridgehead atoms. The lowest BCUT2D eigenvalue weighted by molar-refractivity contribution is -0.150. The first-order valence-corrected chi connectivity index (χ1v) is 12.8. The molecular formula is C26H26ClF3N6O5. The van der Waals surface area contributed by atoms with Crippen molar-refractivity contribution in [3.05, 3.63) is 76.3 Å². The number of hydrogen-bond acceptors (Lipinski definition) is 7. The van der Waals surface area contributed by atoms with Crippen LogP contribution in [0, 0.1) is 0 Å². The molecule has 0 spiro atoms. The van der Waals surface area contributed by atoms with Gasteiger partial charge < -0.3 is 30.1 Å². The van der Waals surface area contributed by atoms with E-state index in [1.807, 2.05) is 5.32 Å². The number of pyridine rings is 1. The van der Waals surface area contributed by atoms with Gasteiger partial charge in [-0.05, 0) is 41.8 Å².